The Morgan fingerprint density at radius 2 is 2.00 bits per heavy atom. The zero-order valence-corrected chi connectivity index (χ0v) is 13.2. The number of thiophene rings is 1. The molecule has 0 fully saturated rings. The molecule has 2 rings (SSSR count). The van der Waals surface area contributed by atoms with Crippen LogP contribution in [0.3, 0.4) is 0 Å². The van der Waals surface area contributed by atoms with Crippen molar-refractivity contribution in [2.24, 2.45) is 0 Å². The van der Waals surface area contributed by atoms with E-state index in [2.05, 4.69) is 5.32 Å². The summed E-state index contributed by atoms with van der Waals surface area (Å²) in [5.74, 6) is 0.190. The lowest BCUT2D eigenvalue weighted by Gasteiger charge is -2.17. The third kappa shape index (κ3) is 4.16. The van der Waals surface area contributed by atoms with Crippen LogP contribution >= 0.6 is 22.9 Å². The zero-order valence-electron chi connectivity index (χ0n) is 10.8. The Morgan fingerprint density at radius 3 is 2.55 bits per heavy atom. The van der Waals surface area contributed by atoms with Gasteiger partial charge in [-0.25, -0.2) is 0 Å². The maximum atomic E-state index is 12.2. The number of hydrogen-bond donors (Lipinski definition) is 1. The van der Waals surface area contributed by atoms with E-state index in [1.54, 1.807) is 18.4 Å². The van der Waals surface area contributed by atoms with Gasteiger partial charge in [-0.3, -0.25) is 9.00 Å². The summed E-state index contributed by atoms with van der Waals surface area (Å²) in [6, 6.07) is 12.6. The van der Waals surface area contributed by atoms with Gasteiger partial charge in [-0.2, -0.15) is 0 Å². The molecule has 1 amide bonds. The van der Waals surface area contributed by atoms with Crippen LogP contribution in [0.15, 0.2) is 42.5 Å². The van der Waals surface area contributed by atoms with Crippen molar-refractivity contribution in [3.05, 3.63) is 57.2 Å². The van der Waals surface area contributed by atoms with Gasteiger partial charge >= 0.3 is 0 Å². The summed E-state index contributed by atoms with van der Waals surface area (Å²) >= 11 is 7.06. The van der Waals surface area contributed by atoms with Crippen LogP contribution in [-0.2, 0) is 10.8 Å². The van der Waals surface area contributed by atoms with Crippen molar-refractivity contribution in [1.82, 2.24) is 5.32 Å². The topological polar surface area (TPSA) is 46.2 Å². The second-order valence-electron chi connectivity index (χ2n) is 4.28. The molecular formula is C14H14ClNO2S2. The standard InChI is InChI=1S/C14H14ClNO2S2/c1-20(18)9-11(10-5-3-2-4-6-10)16-14(17)12-7-8-13(15)19-12/h2-8,11H,9H2,1H3,(H,16,17)/t11-,20-/m0/s1. The van der Waals surface area contributed by atoms with Gasteiger partial charge in [0, 0.05) is 22.8 Å². The third-order valence-corrected chi connectivity index (χ3v) is 4.74. The van der Waals surface area contributed by atoms with E-state index in [4.69, 9.17) is 11.6 Å². The summed E-state index contributed by atoms with van der Waals surface area (Å²) in [7, 11) is -1.00. The molecule has 0 aliphatic heterocycles. The minimum atomic E-state index is -1.00. The molecule has 0 unspecified atom stereocenters. The van der Waals surface area contributed by atoms with Crippen molar-refractivity contribution in [2.45, 2.75) is 6.04 Å². The Labute approximate surface area is 129 Å². The quantitative estimate of drug-likeness (QED) is 0.916. The molecule has 2 atom stereocenters. The number of halogens is 1. The Morgan fingerprint density at radius 1 is 1.30 bits per heavy atom. The average Bonchev–Trinajstić information content (AvgIpc) is 2.85. The lowest BCUT2D eigenvalue weighted by molar-refractivity contribution is 0.0944. The molecule has 1 aromatic carbocycles. The van der Waals surface area contributed by atoms with Gasteiger partial charge in [-0.05, 0) is 17.7 Å². The summed E-state index contributed by atoms with van der Waals surface area (Å²) in [6.45, 7) is 0. The predicted molar refractivity (Wildman–Crippen MR) is 84.9 cm³/mol. The van der Waals surface area contributed by atoms with Crippen LogP contribution in [0.25, 0.3) is 0 Å². The van der Waals surface area contributed by atoms with Crippen molar-refractivity contribution < 1.29 is 9.00 Å². The van der Waals surface area contributed by atoms with Crippen LogP contribution in [-0.4, -0.2) is 22.1 Å². The molecule has 0 aliphatic carbocycles. The number of carbonyl (C=O) groups excluding carboxylic acids is 1. The predicted octanol–water partition coefficient (Wildman–Crippen LogP) is 3.25. The second-order valence-corrected chi connectivity index (χ2v) is 7.48. The Kier molecular flexibility index (Phi) is 5.34. The smallest absolute Gasteiger partial charge is 0.261 e. The molecule has 0 saturated heterocycles. The van der Waals surface area contributed by atoms with Gasteiger partial charge in [0.05, 0.1) is 15.3 Å². The fourth-order valence-electron chi connectivity index (χ4n) is 1.81. The second kappa shape index (κ2) is 7.02. The highest BCUT2D eigenvalue weighted by atomic mass is 35.5. The van der Waals surface area contributed by atoms with Crippen molar-refractivity contribution in [2.75, 3.05) is 12.0 Å². The summed E-state index contributed by atoms with van der Waals surface area (Å²) in [5.41, 5.74) is 0.943. The molecule has 6 heteroatoms. The summed E-state index contributed by atoms with van der Waals surface area (Å²) < 4.78 is 12.1. The van der Waals surface area contributed by atoms with Gasteiger partial charge in [0.25, 0.3) is 5.91 Å². The first kappa shape index (κ1) is 15.2. The van der Waals surface area contributed by atoms with Crippen LogP contribution in [0.2, 0.25) is 4.34 Å². The number of benzene rings is 1. The van der Waals surface area contributed by atoms with E-state index in [0.29, 0.717) is 15.0 Å². The molecule has 1 aromatic heterocycles. The van der Waals surface area contributed by atoms with Crippen molar-refractivity contribution >= 4 is 39.6 Å². The normalized spacial score (nSPS) is 13.7. The Balaban J connectivity index is 2.16. The molecule has 1 heterocycles. The van der Waals surface area contributed by atoms with E-state index in [1.165, 1.54) is 11.3 Å². The first-order chi connectivity index (χ1) is 9.56. The molecule has 0 radical (unpaired) electrons. The van der Waals surface area contributed by atoms with E-state index < -0.39 is 10.8 Å². The molecule has 0 spiro atoms. The SMILES string of the molecule is C[S@](=O)C[C@H](NC(=O)c1ccc(Cl)s1)c1ccccc1. The van der Waals surface area contributed by atoms with Gasteiger partial charge in [0.2, 0.25) is 0 Å². The van der Waals surface area contributed by atoms with Crippen LogP contribution in [0.1, 0.15) is 21.3 Å². The highest BCUT2D eigenvalue weighted by Crippen LogP contribution is 2.22. The van der Waals surface area contributed by atoms with Crippen molar-refractivity contribution in [3.8, 4) is 0 Å². The molecule has 1 N–H and O–H groups in total. The van der Waals surface area contributed by atoms with Crippen molar-refractivity contribution in [1.29, 1.82) is 0 Å². The molecule has 106 valence electrons. The summed E-state index contributed by atoms with van der Waals surface area (Å²) in [5, 5.41) is 2.91. The minimum absolute atomic E-state index is 0.193. The fourth-order valence-corrected chi connectivity index (χ4v) is 3.50. The molecule has 2 aromatic rings. The van der Waals surface area contributed by atoms with Gasteiger partial charge in [0.15, 0.2) is 0 Å². The van der Waals surface area contributed by atoms with E-state index in [9.17, 15) is 9.00 Å². The lowest BCUT2D eigenvalue weighted by atomic mass is 10.1. The zero-order chi connectivity index (χ0) is 14.5. The maximum absolute atomic E-state index is 12.2. The molecular weight excluding hydrogens is 314 g/mol. The van der Waals surface area contributed by atoms with Crippen LogP contribution in [0.5, 0.6) is 0 Å². The van der Waals surface area contributed by atoms with E-state index in [-0.39, 0.29) is 11.9 Å². The monoisotopic (exact) mass is 327 g/mol. The number of nitrogens with one attached hydrogen (secondary N) is 1. The summed E-state index contributed by atoms with van der Waals surface area (Å²) in [6.07, 6.45) is 1.63. The van der Waals surface area contributed by atoms with Gasteiger partial charge < -0.3 is 5.32 Å². The number of rotatable bonds is 5. The van der Waals surface area contributed by atoms with Crippen LogP contribution in [0, 0.1) is 0 Å². The molecule has 0 aliphatic rings. The van der Waals surface area contributed by atoms with Crippen LogP contribution < -0.4 is 5.32 Å². The number of amides is 1. The fraction of sp³-hybridized carbons (Fsp3) is 0.214. The van der Waals surface area contributed by atoms with Crippen molar-refractivity contribution in [3.63, 3.8) is 0 Å². The molecule has 0 saturated carbocycles. The largest absolute Gasteiger partial charge is 0.344 e. The molecule has 20 heavy (non-hydrogen) atoms. The maximum Gasteiger partial charge on any atom is 0.261 e. The first-order valence-electron chi connectivity index (χ1n) is 5.97. The highest BCUT2D eigenvalue weighted by Gasteiger charge is 2.18. The molecule has 0 bridgehead atoms. The minimum Gasteiger partial charge on any atom is -0.344 e. The lowest BCUT2D eigenvalue weighted by Crippen LogP contribution is -2.31. The van der Waals surface area contributed by atoms with Gasteiger partial charge in [-0.15, -0.1) is 11.3 Å². The Hall–Kier alpha value is -1.17. The van der Waals surface area contributed by atoms with E-state index in [1.807, 2.05) is 30.3 Å². The van der Waals surface area contributed by atoms with Gasteiger partial charge in [-0.1, -0.05) is 41.9 Å². The third-order valence-electron chi connectivity index (χ3n) is 2.71. The van der Waals surface area contributed by atoms with E-state index >= 15 is 0 Å². The van der Waals surface area contributed by atoms with Crippen LogP contribution in [0.4, 0.5) is 0 Å². The highest BCUT2D eigenvalue weighted by molar-refractivity contribution is 7.84. The Bertz CT molecular complexity index is 613. The van der Waals surface area contributed by atoms with E-state index in [0.717, 1.165) is 5.56 Å². The van der Waals surface area contributed by atoms with Gasteiger partial charge in [0.1, 0.15) is 0 Å². The molecule has 3 nitrogen and oxygen atoms in total. The number of hydrogen-bond acceptors (Lipinski definition) is 3. The average molecular weight is 328 g/mol. The first-order valence-corrected chi connectivity index (χ1v) is 8.89. The number of carbonyl (C=O) groups is 1. The summed E-state index contributed by atoms with van der Waals surface area (Å²) in [4.78, 5) is 12.7.